The summed E-state index contributed by atoms with van der Waals surface area (Å²) in [6.45, 7) is 0. The first-order valence-electron chi connectivity index (χ1n) is 5.68. The van der Waals surface area contributed by atoms with Crippen molar-refractivity contribution < 1.29 is 9.18 Å². The number of nitrogen functional groups attached to an aromatic ring is 1. The number of nitrogens with two attached hydrogens (primary N) is 1. The van der Waals surface area contributed by atoms with E-state index in [0.29, 0.717) is 11.3 Å². The number of hydrazine groups is 1. The van der Waals surface area contributed by atoms with E-state index in [-0.39, 0.29) is 11.7 Å². The maximum Gasteiger partial charge on any atom is 0.265 e. The van der Waals surface area contributed by atoms with Crippen LogP contribution in [-0.4, -0.2) is 5.91 Å². The van der Waals surface area contributed by atoms with E-state index in [2.05, 4.69) is 5.43 Å². The van der Waals surface area contributed by atoms with Crippen molar-refractivity contribution >= 4 is 17.7 Å². The zero-order valence-corrected chi connectivity index (χ0v) is 10.9. The van der Waals surface area contributed by atoms with Gasteiger partial charge >= 0.3 is 0 Å². The minimum atomic E-state index is -0.324. The third-order valence-electron chi connectivity index (χ3n) is 2.58. The second-order valence-electron chi connectivity index (χ2n) is 3.88. The van der Waals surface area contributed by atoms with Crippen molar-refractivity contribution in [2.45, 2.75) is 10.6 Å². The molecule has 0 heterocycles. The summed E-state index contributed by atoms with van der Waals surface area (Å²) >= 11 is 1.47. The van der Waals surface area contributed by atoms with Crippen LogP contribution in [0.3, 0.4) is 0 Å². The van der Waals surface area contributed by atoms with Crippen LogP contribution in [0.5, 0.6) is 0 Å². The number of amides is 1. The van der Waals surface area contributed by atoms with Gasteiger partial charge in [0, 0.05) is 16.2 Å². The van der Waals surface area contributed by atoms with Gasteiger partial charge in [0.2, 0.25) is 0 Å². The molecule has 0 spiro atoms. The van der Waals surface area contributed by atoms with E-state index in [4.69, 9.17) is 5.84 Å². The third kappa shape index (κ3) is 3.56. The molecule has 3 nitrogen and oxygen atoms in total. The van der Waals surface area contributed by atoms with E-state index < -0.39 is 0 Å². The number of thioether (sulfide) groups is 1. The molecule has 2 aromatic carbocycles. The average molecular weight is 276 g/mol. The van der Waals surface area contributed by atoms with Crippen LogP contribution in [0.15, 0.2) is 53.4 Å². The van der Waals surface area contributed by atoms with Crippen LogP contribution in [0.25, 0.3) is 0 Å². The van der Waals surface area contributed by atoms with Gasteiger partial charge in [-0.25, -0.2) is 10.2 Å². The van der Waals surface area contributed by atoms with Gasteiger partial charge in [-0.3, -0.25) is 10.2 Å². The van der Waals surface area contributed by atoms with Gasteiger partial charge in [0.1, 0.15) is 5.82 Å². The summed E-state index contributed by atoms with van der Waals surface area (Å²) in [4.78, 5) is 12.4. The standard InChI is InChI=1S/C14H13FN2OS/c15-11-5-3-6-12(8-11)19-9-10-4-1-2-7-13(10)14(18)17-16/h1-8H,9,16H2,(H,17,18). The average Bonchev–Trinajstić information content (AvgIpc) is 2.45. The summed E-state index contributed by atoms with van der Waals surface area (Å²) in [5.41, 5.74) is 3.52. The minimum Gasteiger partial charge on any atom is -0.290 e. The molecule has 0 saturated carbocycles. The largest absolute Gasteiger partial charge is 0.290 e. The highest BCUT2D eigenvalue weighted by Crippen LogP contribution is 2.24. The fourth-order valence-electron chi connectivity index (χ4n) is 1.66. The summed E-state index contributed by atoms with van der Waals surface area (Å²) in [5, 5.41) is 0. The lowest BCUT2D eigenvalue weighted by Gasteiger charge is -2.08. The number of halogens is 1. The number of hydrogen-bond acceptors (Lipinski definition) is 3. The molecule has 3 N–H and O–H groups in total. The van der Waals surface area contributed by atoms with Gasteiger partial charge < -0.3 is 0 Å². The van der Waals surface area contributed by atoms with Crippen LogP contribution in [0.4, 0.5) is 4.39 Å². The van der Waals surface area contributed by atoms with Gasteiger partial charge in [-0.1, -0.05) is 24.3 Å². The van der Waals surface area contributed by atoms with E-state index in [1.165, 1.54) is 23.9 Å². The van der Waals surface area contributed by atoms with Gasteiger partial charge in [-0.15, -0.1) is 11.8 Å². The fraction of sp³-hybridized carbons (Fsp3) is 0.0714. The lowest BCUT2D eigenvalue weighted by molar-refractivity contribution is 0.0953. The van der Waals surface area contributed by atoms with E-state index in [0.717, 1.165) is 10.5 Å². The summed E-state index contributed by atoms with van der Waals surface area (Å²) in [6, 6.07) is 13.6. The summed E-state index contributed by atoms with van der Waals surface area (Å²) in [6.07, 6.45) is 0. The van der Waals surface area contributed by atoms with Crippen molar-refractivity contribution in [2.24, 2.45) is 5.84 Å². The Kier molecular flexibility index (Phi) is 4.54. The second-order valence-corrected chi connectivity index (χ2v) is 4.93. The molecular weight excluding hydrogens is 263 g/mol. The van der Waals surface area contributed by atoms with Crippen molar-refractivity contribution in [3.63, 3.8) is 0 Å². The lowest BCUT2D eigenvalue weighted by Crippen LogP contribution is -2.30. The molecule has 0 aliphatic carbocycles. The first-order chi connectivity index (χ1) is 9.20. The number of hydrogen-bond donors (Lipinski definition) is 2. The molecule has 0 fully saturated rings. The number of nitrogens with one attached hydrogen (secondary N) is 1. The van der Waals surface area contributed by atoms with Crippen LogP contribution in [0.1, 0.15) is 15.9 Å². The number of benzene rings is 2. The highest BCUT2D eigenvalue weighted by atomic mass is 32.2. The predicted molar refractivity (Wildman–Crippen MR) is 74.1 cm³/mol. The monoisotopic (exact) mass is 276 g/mol. The molecule has 98 valence electrons. The maximum atomic E-state index is 13.1. The normalized spacial score (nSPS) is 10.2. The van der Waals surface area contributed by atoms with Crippen LogP contribution < -0.4 is 11.3 Å². The van der Waals surface area contributed by atoms with E-state index in [1.807, 2.05) is 18.2 Å². The molecule has 0 bridgehead atoms. The topological polar surface area (TPSA) is 55.1 Å². The zero-order chi connectivity index (χ0) is 13.7. The zero-order valence-electron chi connectivity index (χ0n) is 10.1. The molecule has 0 atom stereocenters. The maximum absolute atomic E-state index is 13.1. The first-order valence-corrected chi connectivity index (χ1v) is 6.66. The quantitative estimate of drug-likeness (QED) is 0.391. The molecule has 0 aromatic heterocycles. The number of carbonyl (C=O) groups excluding carboxylic acids is 1. The molecule has 5 heteroatoms. The SMILES string of the molecule is NNC(=O)c1ccccc1CSc1cccc(F)c1. The van der Waals surface area contributed by atoms with Crippen LogP contribution in [0.2, 0.25) is 0 Å². The molecule has 1 amide bonds. The van der Waals surface area contributed by atoms with Crippen molar-refractivity contribution in [3.05, 3.63) is 65.5 Å². The summed E-state index contributed by atoms with van der Waals surface area (Å²) in [7, 11) is 0. The second kappa shape index (κ2) is 6.36. The molecule has 2 rings (SSSR count). The Morgan fingerprint density at radius 3 is 2.74 bits per heavy atom. The lowest BCUT2D eigenvalue weighted by atomic mass is 10.1. The summed E-state index contributed by atoms with van der Waals surface area (Å²) in [5.74, 6) is 5.13. The van der Waals surface area contributed by atoms with Gasteiger partial charge in [-0.2, -0.15) is 0 Å². The molecule has 19 heavy (non-hydrogen) atoms. The number of carbonyl (C=O) groups is 1. The predicted octanol–water partition coefficient (Wildman–Crippen LogP) is 2.72. The molecule has 0 saturated heterocycles. The molecule has 0 unspecified atom stereocenters. The summed E-state index contributed by atoms with van der Waals surface area (Å²) < 4.78 is 13.1. The number of rotatable bonds is 4. The van der Waals surface area contributed by atoms with E-state index in [9.17, 15) is 9.18 Å². The van der Waals surface area contributed by atoms with Crippen molar-refractivity contribution in [3.8, 4) is 0 Å². The third-order valence-corrected chi connectivity index (χ3v) is 3.63. The minimum absolute atomic E-state index is 0.266. The molecule has 0 radical (unpaired) electrons. The van der Waals surface area contributed by atoms with Gasteiger partial charge in [0.05, 0.1) is 0 Å². The van der Waals surface area contributed by atoms with Crippen LogP contribution in [0, 0.1) is 5.82 Å². The molecular formula is C14H13FN2OS. The van der Waals surface area contributed by atoms with E-state index >= 15 is 0 Å². The smallest absolute Gasteiger partial charge is 0.265 e. The Bertz CT molecular complexity index is 589. The highest BCUT2D eigenvalue weighted by Gasteiger charge is 2.09. The van der Waals surface area contributed by atoms with Gasteiger partial charge in [-0.05, 0) is 29.8 Å². The van der Waals surface area contributed by atoms with Crippen molar-refractivity contribution in [2.75, 3.05) is 0 Å². The van der Waals surface area contributed by atoms with E-state index in [1.54, 1.807) is 18.2 Å². The van der Waals surface area contributed by atoms with Crippen molar-refractivity contribution in [1.29, 1.82) is 0 Å². The highest BCUT2D eigenvalue weighted by molar-refractivity contribution is 7.98. The van der Waals surface area contributed by atoms with Gasteiger partial charge in [0.15, 0.2) is 0 Å². The molecule has 0 aliphatic rings. The Morgan fingerprint density at radius 2 is 2.00 bits per heavy atom. The van der Waals surface area contributed by atoms with Gasteiger partial charge in [0.25, 0.3) is 5.91 Å². The Balaban J connectivity index is 2.13. The fourth-order valence-corrected chi connectivity index (χ4v) is 2.61. The first kappa shape index (κ1) is 13.6. The molecule has 2 aromatic rings. The Morgan fingerprint density at radius 1 is 1.21 bits per heavy atom. The van der Waals surface area contributed by atoms with Crippen molar-refractivity contribution in [1.82, 2.24) is 5.43 Å². The Hall–Kier alpha value is -1.85. The molecule has 0 aliphatic heterocycles. The Labute approximate surface area is 115 Å². The van der Waals surface area contributed by atoms with Crippen LogP contribution in [-0.2, 0) is 5.75 Å². The van der Waals surface area contributed by atoms with Crippen LogP contribution >= 0.6 is 11.8 Å².